The van der Waals surface area contributed by atoms with Crippen LogP contribution in [0.4, 0.5) is 0 Å². The second-order valence-corrected chi connectivity index (χ2v) is 5.94. The molecule has 1 atom stereocenters. The zero-order valence-electron chi connectivity index (χ0n) is 12.3. The molecule has 1 N–H and O–H groups in total. The highest BCUT2D eigenvalue weighted by atomic mass is 32.2. The number of nitro groups is 1. The molecule has 0 unspecified atom stereocenters. The van der Waals surface area contributed by atoms with E-state index in [0.29, 0.717) is 10.6 Å². The molecule has 0 fully saturated rings. The van der Waals surface area contributed by atoms with Gasteiger partial charge in [0.15, 0.2) is 0 Å². The van der Waals surface area contributed by atoms with Crippen molar-refractivity contribution in [2.24, 2.45) is 0 Å². The minimum Gasteiger partial charge on any atom is -0.497 e. The van der Waals surface area contributed by atoms with Gasteiger partial charge in [0.2, 0.25) is 6.54 Å². The number of rotatable bonds is 7. The van der Waals surface area contributed by atoms with Crippen LogP contribution < -0.4 is 4.74 Å². The van der Waals surface area contributed by atoms with E-state index < -0.39 is 16.1 Å². The molecule has 0 amide bonds. The monoisotopic (exact) mass is 333 g/mol. The van der Waals surface area contributed by atoms with Gasteiger partial charge in [-0.15, -0.1) is 11.8 Å². The molecule has 120 valence electrons. The lowest BCUT2D eigenvalue weighted by Crippen LogP contribution is -2.10. The summed E-state index contributed by atoms with van der Waals surface area (Å²) in [5.74, 6) is -0.396. The molecule has 7 heteroatoms. The fraction of sp³-hybridized carbons (Fsp3) is 0.188. The Bertz CT molecular complexity index is 702. The molecular weight excluding hydrogens is 318 g/mol. The van der Waals surface area contributed by atoms with Crippen molar-refractivity contribution in [3.63, 3.8) is 0 Å². The highest BCUT2D eigenvalue weighted by Crippen LogP contribution is 2.37. The van der Waals surface area contributed by atoms with E-state index in [-0.39, 0.29) is 12.1 Å². The molecular formula is C16H15NO5S. The second-order valence-electron chi connectivity index (χ2n) is 4.70. The van der Waals surface area contributed by atoms with Crippen LogP contribution in [0.15, 0.2) is 53.4 Å². The molecule has 0 radical (unpaired) electrons. The summed E-state index contributed by atoms with van der Waals surface area (Å²) in [4.78, 5) is 22.4. The van der Waals surface area contributed by atoms with Crippen LogP contribution in [0, 0.1) is 10.1 Å². The Morgan fingerprint density at radius 1 is 1.26 bits per heavy atom. The number of thioether (sulfide) groups is 1. The molecule has 0 bridgehead atoms. The average molecular weight is 333 g/mol. The number of carboxylic acids is 1. The van der Waals surface area contributed by atoms with Gasteiger partial charge in [-0.2, -0.15) is 0 Å². The summed E-state index contributed by atoms with van der Waals surface area (Å²) in [6.07, 6.45) is 0. The molecule has 0 aliphatic rings. The molecule has 0 aromatic heterocycles. The summed E-state index contributed by atoms with van der Waals surface area (Å²) in [6, 6.07) is 13.5. The van der Waals surface area contributed by atoms with Crippen LogP contribution in [-0.2, 0) is 0 Å². The van der Waals surface area contributed by atoms with Crippen LogP contribution in [0.25, 0.3) is 0 Å². The highest BCUT2D eigenvalue weighted by Gasteiger charge is 2.22. The highest BCUT2D eigenvalue weighted by molar-refractivity contribution is 7.99. The Labute approximate surface area is 137 Å². The number of ether oxygens (including phenoxy) is 1. The molecule has 2 aromatic carbocycles. The Morgan fingerprint density at radius 2 is 1.91 bits per heavy atom. The van der Waals surface area contributed by atoms with Crippen molar-refractivity contribution in [1.29, 1.82) is 0 Å². The zero-order valence-corrected chi connectivity index (χ0v) is 13.2. The first-order valence-electron chi connectivity index (χ1n) is 6.76. The van der Waals surface area contributed by atoms with Gasteiger partial charge >= 0.3 is 5.97 Å². The first-order chi connectivity index (χ1) is 11.0. The van der Waals surface area contributed by atoms with Crippen molar-refractivity contribution in [1.82, 2.24) is 0 Å². The smallest absolute Gasteiger partial charge is 0.336 e. The second kappa shape index (κ2) is 7.64. The van der Waals surface area contributed by atoms with Gasteiger partial charge in [-0.1, -0.05) is 24.3 Å². The van der Waals surface area contributed by atoms with Crippen molar-refractivity contribution in [2.75, 3.05) is 13.7 Å². The summed E-state index contributed by atoms with van der Waals surface area (Å²) in [5.41, 5.74) is 0.882. The van der Waals surface area contributed by atoms with E-state index in [4.69, 9.17) is 4.74 Å². The van der Waals surface area contributed by atoms with E-state index in [1.165, 1.54) is 17.8 Å². The predicted molar refractivity (Wildman–Crippen MR) is 86.9 cm³/mol. The third-order valence-corrected chi connectivity index (χ3v) is 4.50. The maximum absolute atomic E-state index is 11.3. The summed E-state index contributed by atoms with van der Waals surface area (Å²) in [6.45, 7) is -0.301. The Kier molecular flexibility index (Phi) is 5.59. The SMILES string of the molecule is COc1ccc([C@@H](C[N+](=O)[O-])Sc2ccccc2C(=O)O)cc1. The van der Waals surface area contributed by atoms with E-state index in [0.717, 1.165) is 5.56 Å². The van der Waals surface area contributed by atoms with Crippen molar-refractivity contribution < 1.29 is 19.6 Å². The van der Waals surface area contributed by atoms with E-state index in [2.05, 4.69) is 0 Å². The molecule has 2 aromatic rings. The molecule has 0 saturated carbocycles. The number of methoxy groups -OCH3 is 1. The Hall–Kier alpha value is -2.54. The average Bonchev–Trinajstić information content (AvgIpc) is 2.54. The van der Waals surface area contributed by atoms with Crippen LogP contribution in [-0.4, -0.2) is 29.7 Å². The molecule has 6 nitrogen and oxygen atoms in total. The fourth-order valence-corrected chi connectivity index (χ4v) is 3.30. The molecule has 0 saturated heterocycles. The number of aromatic carboxylic acids is 1. The van der Waals surface area contributed by atoms with Gasteiger partial charge in [0, 0.05) is 9.82 Å². The lowest BCUT2D eigenvalue weighted by molar-refractivity contribution is -0.479. The lowest BCUT2D eigenvalue weighted by atomic mass is 10.1. The normalized spacial score (nSPS) is 11.7. The van der Waals surface area contributed by atoms with Gasteiger partial charge in [-0.05, 0) is 29.8 Å². The van der Waals surface area contributed by atoms with E-state index in [1.54, 1.807) is 49.6 Å². The van der Waals surface area contributed by atoms with Gasteiger partial charge in [0.25, 0.3) is 0 Å². The number of carboxylic acid groups (broad SMARTS) is 1. The van der Waals surface area contributed by atoms with Crippen molar-refractivity contribution in [3.05, 3.63) is 69.8 Å². The summed E-state index contributed by atoms with van der Waals surface area (Å²) >= 11 is 1.18. The number of hydrogen-bond acceptors (Lipinski definition) is 5. The molecule has 0 aliphatic heterocycles. The third-order valence-electron chi connectivity index (χ3n) is 3.19. The molecule has 23 heavy (non-hydrogen) atoms. The fourth-order valence-electron chi connectivity index (χ4n) is 2.06. The quantitative estimate of drug-likeness (QED) is 0.474. The Morgan fingerprint density at radius 3 is 2.48 bits per heavy atom. The topological polar surface area (TPSA) is 89.7 Å². The van der Waals surface area contributed by atoms with Gasteiger partial charge in [-0.3, -0.25) is 10.1 Å². The zero-order chi connectivity index (χ0) is 16.8. The predicted octanol–water partition coefficient (Wildman–Crippen LogP) is 3.50. The van der Waals surface area contributed by atoms with Gasteiger partial charge in [-0.25, -0.2) is 4.79 Å². The maximum Gasteiger partial charge on any atom is 0.336 e. The third kappa shape index (κ3) is 4.46. The number of hydrogen-bond donors (Lipinski definition) is 1. The van der Waals surface area contributed by atoms with E-state index in [9.17, 15) is 20.0 Å². The van der Waals surface area contributed by atoms with Crippen LogP contribution in [0.3, 0.4) is 0 Å². The summed E-state index contributed by atoms with van der Waals surface area (Å²) < 4.78 is 5.08. The minimum absolute atomic E-state index is 0.138. The maximum atomic E-state index is 11.3. The number of carbonyl (C=O) groups is 1. The minimum atomic E-state index is -1.05. The lowest BCUT2D eigenvalue weighted by Gasteiger charge is -2.15. The van der Waals surface area contributed by atoms with Crippen molar-refractivity contribution in [2.45, 2.75) is 10.1 Å². The Balaban J connectivity index is 2.32. The molecule has 0 heterocycles. The van der Waals surface area contributed by atoms with Gasteiger partial charge in [0.1, 0.15) is 5.75 Å². The standard InChI is InChI=1S/C16H15NO5S/c1-22-12-8-6-11(7-9-12)15(10-17(20)21)23-14-5-3-2-4-13(14)16(18)19/h2-9,15H,10H2,1H3,(H,18,19)/t15-/m1/s1. The van der Waals surface area contributed by atoms with Crippen LogP contribution in [0.1, 0.15) is 21.2 Å². The number of nitrogens with zero attached hydrogens (tertiary/aromatic N) is 1. The first kappa shape index (κ1) is 16.8. The van der Waals surface area contributed by atoms with Crippen LogP contribution >= 0.6 is 11.8 Å². The van der Waals surface area contributed by atoms with Gasteiger partial charge < -0.3 is 9.84 Å². The van der Waals surface area contributed by atoms with Crippen molar-refractivity contribution >= 4 is 17.7 Å². The summed E-state index contributed by atoms with van der Waals surface area (Å²) in [7, 11) is 1.54. The number of benzene rings is 2. The largest absolute Gasteiger partial charge is 0.497 e. The van der Waals surface area contributed by atoms with Gasteiger partial charge in [0.05, 0.1) is 17.9 Å². The molecule has 0 aliphatic carbocycles. The van der Waals surface area contributed by atoms with E-state index in [1.807, 2.05) is 0 Å². The van der Waals surface area contributed by atoms with Crippen molar-refractivity contribution in [3.8, 4) is 5.75 Å². The van der Waals surface area contributed by atoms with Crippen LogP contribution in [0.5, 0.6) is 5.75 Å². The first-order valence-corrected chi connectivity index (χ1v) is 7.64. The molecule has 0 spiro atoms. The molecule has 2 rings (SSSR count). The van der Waals surface area contributed by atoms with Crippen LogP contribution in [0.2, 0.25) is 0 Å². The van der Waals surface area contributed by atoms with E-state index >= 15 is 0 Å². The summed E-state index contributed by atoms with van der Waals surface area (Å²) in [5, 5.41) is 19.7.